The fourth-order valence-electron chi connectivity index (χ4n) is 3.49. The van der Waals surface area contributed by atoms with Gasteiger partial charge in [-0.2, -0.15) is 13.2 Å². The maximum Gasteiger partial charge on any atom is 0.416 e. The van der Waals surface area contributed by atoms with Crippen LogP contribution in [0.2, 0.25) is 0 Å². The first-order chi connectivity index (χ1) is 12.2. The normalized spacial score (nSPS) is 25.6. The number of amides is 1. The molecule has 0 radical (unpaired) electrons. The van der Waals surface area contributed by atoms with E-state index < -0.39 is 42.8 Å². The van der Waals surface area contributed by atoms with Crippen LogP contribution in [0.3, 0.4) is 0 Å². The first-order valence-corrected chi connectivity index (χ1v) is 8.23. The zero-order chi connectivity index (χ0) is 19.1. The maximum absolute atomic E-state index is 13.6. The number of alkyl halides is 5. The molecular formula is C17H18F5NO3. The summed E-state index contributed by atoms with van der Waals surface area (Å²) in [4.78, 5) is 13.5. The number of halogens is 5. The van der Waals surface area contributed by atoms with E-state index in [0.29, 0.717) is 12.8 Å². The number of aliphatic hydroxyl groups excluding tert-OH is 1. The Morgan fingerprint density at radius 1 is 1.23 bits per heavy atom. The summed E-state index contributed by atoms with van der Waals surface area (Å²) in [6.45, 7) is -2.59. The van der Waals surface area contributed by atoms with Gasteiger partial charge in [-0.15, -0.1) is 0 Å². The minimum atomic E-state index is -4.65. The molecule has 1 amide bonds. The van der Waals surface area contributed by atoms with Crippen molar-refractivity contribution < 1.29 is 36.6 Å². The Labute approximate surface area is 146 Å². The molecular weight excluding hydrogens is 361 g/mol. The van der Waals surface area contributed by atoms with Gasteiger partial charge in [-0.3, -0.25) is 4.79 Å². The minimum Gasteiger partial charge on any atom is -0.479 e. The number of piperidine rings is 1. The van der Waals surface area contributed by atoms with Crippen LogP contribution in [0.4, 0.5) is 22.0 Å². The summed E-state index contributed by atoms with van der Waals surface area (Å²) in [5.41, 5.74) is -3.34. The predicted octanol–water partition coefficient (Wildman–Crippen LogP) is 3.19. The number of nitrogens with zero attached hydrogens (tertiary/aromatic N) is 1. The van der Waals surface area contributed by atoms with E-state index in [-0.39, 0.29) is 30.2 Å². The summed E-state index contributed by atoms with van der Waals surface area (Å²) in [5, 5.41) is 10.6. The van der Waals surface area contributed by atoms with E-state index in [2.05, 4.69) is 0 Å². The summed E-state index contributed by atoms with van der Waals surface area (Å²) in [6, 6.07) is 1.18. The third-order valence-corrected chi connectivity index (χ3v) is 4.96. The fraction of sp³-hybridized carbons (Fsp3) is 0.588. The molecule has 0 bridgehead atoms. The zero-order valence-electron chi connectivity index (χ0n) is 13.7. The van der Waals surface area contributed by atoms with Crippen molar-refractivity contribution in [2.24, 2.45) is 0 Å². The molecule has 0 saturated carbocycles. The first-order valence-electron chi connectivity index (χ1n) is 8.23. The van der Waals surface area contributed by atoms with Crippen LogP contribution in [0.25, 0.3) is 0 Å². The molecule has 2 heterocycles. The Hall–Kier alpha value is -1.90. The van der Waals surface area contributed by atoms with Crippen molar-refractivity contribution in [1.82, 2.24) is 4.90 Å². The Bertz CT molecular complexity index is 689. The van der Waals surface area contributed by atoms with E-state index in [1.165, 1.54) is 4.90 Å². The molecule has 26 heavy (non-hydrogen) atoms. The molecule has 1 aromatic carbocycles. The number of benzene rings is 1. The molecule has 9 heteroatoms. The van der Waals surface area contributed by atoms with Crippen molar-refractivity contribution in [3.05, 3.63) is 29.3 Å². The third-order valence-electron chi connectivity index (χ3n) is 4.96. The average Bonchev–Trinajstić information content (AvgIpc) is 2.61. The molecule has 2 unspecified atom stereocenters. The minimum absolute atomic E-state index is 0.0971. The van der Waals surface area contributed by atoms with E-state index in [1.54, 1.807) is 0 Å². The van der Waals surface area contributed by atoms with Gasteiger partial charge >= 0.3 is 6.18 Å². The molecule has 0 aromatic heterocycles. The molecule has 1 aromatic rings. The molecule has 3 rings (SSSR count). The van der Waals surface area contributed by atoms with Gasteiger partial charge < -0.3 is 14.7 Å². The number of likely N-dealkylation sites (tertiary alicyclic amines) is 1. The monoisotopic (exact) mass is 379 g/mol. The van der Waals surface area contributed by atoms with E-state index in [4.69, 9.17) is 4.74 Å². The highest BCUT2D eigenvalue weighted by atomic mass is 19.4. The van der Waals surface area contributed by atoms with E-state index in [1.807, 2.05) is 0 Å². The van der Waals surface area contributed by atoms with Crippen LogP contribution in [0.5, 0.6) is 5.75 Å². The van der Waals surface area contributed by atoms with Crippen LogP contribution in [-0.2, 0) is 11.0 Å². The SMILES string of the molecule is O=C1CCCCN1C1c2cc(C(F)(F)F)ccc2OC(CF)(CF)C1O. The number of fused-ring (bicyclic) bond motifs is 1. The van der Waals surface area contributed by atoms with Gasteiger partial charge in [0.25, 0.3) is 0 Å². The first kappa shape index (κ1) is 18.9. The number of hydrogen-bond acceptors (Lipinski definition) is 3. The highest BCUT2D eigenvalue weighted by Gasteiger charge is 2.53. The number of carbonyl (C=O) groups is 1. The average molecular weight is 379 g/mol. The molecule has 1 N–H and O–H groups in total. The largest absolute Gasteiger partial charge is 0.479 e. The van der Waals surface area contributed by atoms with Gasteiger partial charge in [-0.1, -0.05) is 0 Å². The Morgan fingerprint density at radius 2 is 1.92 bits per heavy atom. The summed E-state index contributed by atoms with van der Waals surface area (Å²) in [5.74, 6) is -0.542. The predicted molar refractivity (Wildman–Crippen MR) is 81.1 cm³/mol. The molecule has 0 spiro atoms. The van der Waals surface area contributed by atoms with E-state index >= 15 is 0 Å². The van der Waals surface area contributed by atoms with Crippen LogP contribution in [-0.4, -0.2) is 47.5 Å². The van der Waals surface area contributed by atoms with Gasteiger partial charge in [0.2, 0.25) is 5.91 Å². The molecule has 2 aliphatic rings. The summed E-state index contributed by atoms with van der Waals surface area (Å²) in [7, 11) is 0. The van der Waals surface area contributed by atoms with Gasteiger partial charge in [-0.05, 0) is 31.0 Å². The number of carbonyl (C=O) groups excluding carboxylic acids is 1. The van der Waals surface area contributed by atoms with E-state index in [9.17, 15) is 31.9 Å². The molecule has 1 fully saturated rings. The van der Waals surface area contributed by atoms with Crippen molar-refractivity contribution in [1.29, 1.82) is 0 Å². The summed E-state index contributed by atoms with van der Waals surface area (Å²) >= 11 is 0. The van der Waals surface area contributed by atoms with Crippen molar-refractivity contribution in [2.75, 3.05) is 19.9 Å². The van der Waals surface area contributed by atoms with Crippen LogP contribution >= 0.6 is 0 Å². The lowest BCUT2D eigenvalue weighted by Gasteiger charge is -2.47. The Kier molecular flexibility index (Phi) is 4.85. The summed E-state index contributed by atoms with van der Waals surface area (Å²) in [6.07, 6.45) is -5.12. The standard InChI is InChI=1S/C17H18F5NO3/c18-8-16(9-19)15(25)14(23-6-2-1-3-13(23)24)11-7-10(17(20,21)22)4-5-12(11)26-16/h4-5,7,14-15,25H,1-3,6,8-9H2. The van der Waals surface area contributed by atoms with Crippen molar-refractivity contribution in [2.45, 2.75) is 43.2 Å². The quantitative estimate of drug-likeness (QED) is 0.821. The summed E-state index contributed by atoms with van der Waals surface area (Å²) < 4.78 is 71.6. The number of hydrogen-bond donors (Lipinski definition) is 1. The molecule has 1 saturated heterocycles. The van der Waals surface area contributed by atoms with Crippen LogP contribution in [0.15, 0.2) is 18.2 Å². The third kappa shape index (κ3) is 3.02. The molecule has 144 valence electrons. The van der Waals surface area contributed by atoms with Gasteiger partial charge in [-0.25, -0.2) is 8.78 Å². The number of aliphatic hydroxyl groups is 1. The Balaban J connectivity index is 2.14. The number of rotatable bonds is 3. The highest BCUT2D eigenvalue weighted by Crippen LogP contribution is 2.46. The zero-order valence-corrected chi connectivity index (χ0v) is 13.7. The second-order valence-electron chi connectivity index (χ2n) is 6.62. The van der Waals surface area contributed by atoms with Crippen molar-refractivity contribution >= 4 is 5.91 Å². The van der Waals surface area contributed by atoms with Crippen molar-refractivity contribution in [3.63, 3.8) is 0 Å². The second kappa shape index (κ2) is 6.68. The number of ether oxygens (including phenoxy) is 1. The lowest BCUT2D eigenvalue weighted by molar-refractivity contribution is -0.156. The van der Waals surface area contributed by atoms with Crippen LogP contribution in [0, 0.1) is 0 Å². The van der Waals surface area contributed by atoms with Gasteiger partial charge in [0, 0.05) is 18.5 Å². The van der Waals surface area contributed by atoms with Crippen LogP contribution in [0.1, 0.15) is 36.4 Å². The van der Waals surface area contributed by atoms with Gasteiger partial charge in [0.15, 0.2) is 5.60 Å². The van der Waals surface area contributed by atoms with Crippen LogP contribution < -0.4 is 4.74 Å². The van der Waals surface area contributed by atoms with Crippen molar-refractivity contribution in [3.8, 4) is 5.75 Å². The topological polar surface area (TPSA) is 49.8 Å². The molecule has 2 atom stereocenters. The van der Waals surface area contributed by atoms with E-state index in [0.717, 1.165) is 18.2 Å². The molecule has 4 nitrogen and oxygen atoms in total. The molecule has 0 aliphatic carbocycles. The smallest absolute Gasteiger partial charge is 0.416 e. The van der Waals surface area contributed by atoms with Gasteiger partial charge in [0.05, 0.1) is 11.6 Å². The second-order valence-corrected chi connectivity index (χ2v) is 6.62. The maximum atomic E-state index is 13.6. The Morgan fingerprint density at radius 3 is 2.50 bits per heavy atom. The lowest BCUT2D eigenvalue weighted by atomic mass is 9.83. The highest BCUT2D eigenvalue weighted by molar-refractivity contribution is 5.77. The fourth-order valence-corrected chi connectivity index (χ4v) is 3.49. The van der Waals surface area contributed by atoms with Gasteiger partial charge in [0.1, 0.15) is 25.2 Å². The molecule has 2 aliphatic heterocycles. The lowest BCUT2D eigenvalue weighted by Crippen LogP contribution is -2.61.